The molecule has 0 radical (unpaired) electrons. The standard InChI is InChI=1S/C22H33NO3/c1-18-4-2-3-5-20(18)15-23-10-8-22(9-11-23)14-21(17-26-22)25-16-19-6-12-24-13-7-19/h2-5,19,21H,6-17H2,1H3. The fourth-order valence-electron chi connectivity index (χ4n) is 4.59. The van der Waals surface area contributed by atoms with Gasteiger partial charge in [-0.1, -0.05) is 24.3 Å². The predicted molar refractivity (Wildman–Crippen MR) is 102 cm³/mol. The second-order valence-electron chi connectivity index (χ2n) is 8.41. The largest absolute Gasteiger partial charge is 0.381 e. The Kier molecular flexibility index (Phi) is 5.94. The van der Waals surface area contributed by atoms with E-state index in [0.29, 0.717) is 12.0 Å². The molecule has 1 aromatic carbocycles. The third-order valence-corrected chi connectivity index (χ3v) is 6.51. The highest BCUT2D eigenvalue weighted by molar-refractivity contribution is 5.25. The number of hydrogen-bond acceptors (Lipinski definition) is 4. The summed E-state index contributed by atoms with van der Waals surface area (Å²) in [5, 5.41) is 0. The Labute approximate surface area is 157 Å². The van der Waals surface area contributed by atoms with Crippen LogP contribution in [0.15, 0.2) is 24.3 Å². The van der Waals surface area contributed by atoms with Gasteiger partial charge in [0.05, 0.1) is 24.9 Å². The molecule has 0 N–H and O–H groups in total. The Balaban J connectivity index is 1.22. The van der Waals surface area contributed by atoms with E-state index in [1.54, 1.807) is 0 Å². The predicted octanol–water partition coefficient (Wildman–Crippen LogP) is 3.56. The van der Waals surface area contributed by atoms with Crippen LogP contribution in [0.2, 0.25) is 0 Å². The van der Waals surface area contributed by atoms with Crippen LogP contribution in [-0.4, -0.2) is 56.1 Å². The molecule has 1 aromatic rings. The van der Waals surface area contributed by atoms with Gasteiger partial charge in [-0.15, -0.1) is 0 Å². The summed E-state index contributed by atoms with van der Waals surface area (Å²) in [7, 11) is 0. The van der Waals surface area contributed by atoms with Gasteiger partial charge in [0.1, 0.15) is 0 Å². The third-order valence-electron chi connectivity index (χ3n) is 6.51. The van der Waals surface area contributed by atoms with Crippen molar-refractivity contribution in [3.8, 4) is 0 Å². The summed E-state index contributed by atoms with van der Waals surface area (Å²) in [6.45, 7) is 8.98. The zero-order valence-corrected chi connectivity index (χ0v) is 16.1. The van der Waals surface area contributed by atoms with Crippen LogP contribution in [0.1, 0.15) is 43.2 Å². The average molecular weight is 360 g/mol. The molecular formula is C22H33NO3. The lowest BCUT2D eigenvalue weighted by Crippen LogP contribution is -2.44. The summed E-state index contributed by atoms with van der Waals surface area (Å²) in [5.74, 6) is 0.677. The minimum absolute atomic E-state index is 0.0720. The summed E-state index contributed by atoms with van der Waals surface area (Å²) in [6, 6.07) is 8.73. The molecule has 3 saturated heterocycles. The van der Waals surface area contributed by atoms with Crippen molar-refractivity contribution >= 4 is 0 Å². The summed E-state index contributed by atoms with van der Waals surface area (Å²) in [4.78, 5) is 2.58. The molecule has 0 bridgehead atoms. The summed E-state index contributed by atoms with van der Waals surface area (Å²) in [6.07, 6.45) is 5.93. The number of nitrogens with zero attached hydrogens (tertiary/aromatic N) is 1. The van der Waals surface area contributed by atoms with Crippen LogP contribution < -0.4 is 0 Å². The van der Waals surface area contributed by atoms with Gasteiger partial charge in [-0.2, -0.15) is 0 Å². The van der Waals surface area contributed by atoms with Gasteiger partial charge >= 0.3 is 0 Å². The topological polar surface area (TPSA) is 30.9 Å². The first-order chi connectivity index (χ1) is 12.7. The first-order valence-electron chi connectivity index (χ1n) is 10.3. The molecule has 4 rings (SSSR count). The van der Waals surface area contributed by atoms with Crippen molar-refractivity contribution in [1.82, 2.24) is 4.90 Å². The van der Waals surface area contributed by atoms with E-state index in [0.717, 1.165) is 78.2 Å². The minimum atomic E-state index is 0.0720. The lowest BCUT2D eigenvalue weighted by molar-refractivity contribution is -0.0479. The number of piperidine rings is 1. The number of ether oxygens (including phenoxy) is 3. The lowest BCUT2D eigenvalue weighted by atomic mass is 9.87. The van der Waals surface area contributed by atoms with Crippen LogP contribution in [0.4, 0.5) is 0 Å². The highest BCUT2D eigenvalue weighted by Gasteiger charge is 2.43. The second kappa shape index (κ2) is 8.39. The Morgan fingerprint density at radius 1 is 1.15 bits per heavy atom. The molecule has 1 atom stereocenters. The van der Waals surface area contributed by atoms with Crippen LogP contribution >= 0.6 is 0 Å². The maximum Gasteiger partial charge on any atom is 0.0836 e. The van der Waals surface area contributed by atoms with Gasteiger partial charge in [0, 0.05) is 39.3 Å². The molecule has 4 heteroatoms. The SMILES string of the molecule is Cc1ccccc1CN1CCC2(CC1)CC(OCC1CCOCC1)CO2. The van der Waals surface area contributed by atoms with Gasteiger partial charge in [0.15, 0.2) is 0 Å². The van der Waals surface area contributed by atoms with Crippen LogP contribution in [0.3, 0.4) is 0 Å². The van der Waals surface area contributed by atoms with Gasteiger partial charge in [0.25, 0.3) is 0 Å². The molecule has 0 aliphatic carbocycles. The molecule has 3 fully saturated rings. The van der Waals surface area contributed by atoms with Crippen LogP contribution in [0.25, 0.3) is 0 Å². The summed E-state index contributed by atoms with van der Waals surface area (Å²) >= 11 is 0. The molecule has 0 amide bonds. The number of hydrogen-bond donors (Lipinski definition) is 0. The molecule has 3 aliphatic rings. The molecular weight excluding hydrogens is 326 g/mol. The third kappa shape index (κ3) is 4.48. The number of likely N-dealkylation sites (tertiary alicyclic amines) is 1. The molecule has 3 aliphatic heterocycles. The molecule has 1 spiro atoms. The second-order valence-corrected chi connectivity index (χ2v) is 8.41. The van der Waals surface area contributed by atoms with Gasteiger partial charge in [-0.3, -0.25) is 4.90 Å². The van der Waals surface area contributed by atoms with Gasteiger partial charge in [-0.05, 0) is 49.7 Å². The van der Waals surface area contributed by atoms with E-state index in [9.17, 15) is 0 Å². The van der Waals surface area contributed by atoms with Gasteiger partial charge < -0.3 is 14.2 Å². The lowest BCUT2D eigenvalue weighted by Gasteiger charge is -2.38. The van der Waals surface area contributed by atoms with Gasteiger partial charge in [0.2, 0.25) is 0 Å². The summed E-state index contributed by atoms with van der Waals surface area (Å²) in [5.41, 5.74) is 2.92. The van der Waals surface area contributed by atoms with Crippen LogP contribution in [0, 0.1) is 12.8 Å². The van der Waals surface area contributed by atoms with Crippen molar-refractivity contribution in [1.29, 1.82) is 0 Å². The van der Waals surface area contributed by atoms with E-state index in [1.165, 1.54) is 11.1 Å². The van der Waals surface area contributed by atoms with Crippen molar-refractivity contribution in [3.63, 3.8) is 0 Å². The fraction of sp³-hybridized carbons (Fsp3) is 0.727. The van der Waals surface area contributed by atoms with Crippen LogP contribution in [-0.2, 0) is 20.8 Å². The van der Waals surface area contributed by atoms with E-state index in [4.69, 9.17) is 14.2 Å². The summed E-state index contributed by atoms with van der Waals surface area (Å²) < 4.78 is 17.9. The van der Waals surface area contributed by atoms with Crippen molar-refractivity contribution < 1.29 is 14.2 Å². The highest BCUT2D eigenvalue weighted by atomic mass is 16.6. The van der Waals surface area contributed by atoms with Crippen molar-refractivity contribution in [2.75, 3.05) is 39.5 Å². The number of benzene rings is 1. The molecule has 144 valence electrons. The monoisotopic (exact) mass is 359 g/mol. The first kappa shape index (κ1) is 18.4. The zero-order valence-electron chi connectivity index (χ0n) is 16.1. The maximum atomic E-state index is 6.28. The number of rotatable bonds is 5. The van der Waals surface area contributed by atoms with Crippen LogP contribution in [0.5, 0.6) is 0 Å². The fourth-order valence-corrected chi connectivity index (χ4v) is 4.59. The molecule has 0 aromatic heterocycles. The minimum Gasteiger partial charge on any atom is -0.381 e. The quantitative estimate of drug-likeness (QED) is 0.804. The van der Waals surface area contributed by atoms with E-state index < -0.39 is 0 Å². The molecule has 26 heavy (non-hydrogen) atoms. The normalized spacial score (nSPS) is 27.2. The smallest absolute Gasteiger partial charge is 0.0836 e. The Bertz CT molecular complexity index is 577. The van der Waals surface area contributed by atoms with Crippen molar-refractivity contribution in [2.45, 2.75) is 57.3 Å². The Morgan fingerprint density at radius 3 is 2.69 bits per heavy atom. The maximum absolute atomic E-state index is 6.28. The van der Waals surface area contributed by atoms with Crippen molar-refractivity contribution in [2.24, 2.45) is 5.92 Å². The number of aryl methyl sites for hydroxylation is 1. The highest BCUT2D eigenvalue weighted by Crippen LogP contribution is 2.37. The molecule has 1 unspecified atom stereocenters. The molecule has 0 saturated carbocycles. The van der Waals surface area contributed by atoms with E-state index in [2.05, 4.69) is 36.1 Å². The van der Waals surface area contributed by atoms with Gasteiger partial charge in [-0.25, -0.2) is 0 Å². The Morgan fingerprint density at radius 2 is 1.92 bits per heavy atom. The molecule has 4 nitrogen and oxygen atoms in total. The average Bonchev–Trinajstić information content (AvgIpc) is 3.08. The molecule has 3 heterocycles. The Hall–Kier alpha value is -0.940. The zero-order chi connectivity index (χ0) is 17.8. The first-order valence-corrected chi connectivity index (χ1v) is 10.3. The van der Waals surface area contributed by atoms with E-state index >= 15 is 0 Å². The van der Waals surface area contributed by atoms with E-state index in [-0.39, 0.29) is 5.60 Å². The van der Waals surface area contributed by atoms with Crippen molar-refractivity contribution in [3.05, 3.63) is 35.4 Å². The van der Waals surface area contributed by atoms with E-state index in [1.807, 2.05) is 0 Å².